The molecular formula is C17H19ClN2O. The number of carbonyl (C=O) groups is 1. The normalized spacial score (nSPS) is 10.7. The summed E-state index contributed by atoms with van der Waals surface area (Å²) in [7, 11) is 0. The zero-order valence-electron chi connectivity index (χ0n) is 12.2. The topological polar surface area (TPSA) is 46.3 Å². The van der Waals surface area contributed by atoms with Gasteiger partial charge in [-0.1, -0.05) is 35.9 Å². The summed E-state index contributed by atoms with van der Waals surface area (Å²) in [6.45, 7) is 4.46. The Labute approximate surface area is 130 Å². The number of anilines is 1. The van der Waals surface area contributed by atoms with E-state index in [2.05, 4.69) is 0 Å². The number of para-hydroxylation sites is 1. The molecule has 2 N–H and O–H groups in total. The smallest absolute Gasteiger partial charge is 0.254 e. The number of hydrogen-bond acceptors (Lipinski definition) is 2. The SMILES string of the molecule is CC(C)N(Cc1ccccc1N)C(=O)c1cccc(Cl)c1. The number of hydrogen-bond donors (Lipinski definition) is 1. The van der Waals surface area contributed by atoms with E-state index in [1.807, 2.05) is 38.1 Å². The van der Waals surface area contributed by atoms with E-state index in [0.29, 0.717) is 22.8 Å². The molecule has 0 bridgehead atoms. The van der Waals surface area contributed by atoms with Crippen molar-refractivity contribution in [1.82, 2.24) is 4.90 Å². The van der Waals surface area contributed by atoms with Gasteiger partial charge in [-0.25, -0.2) is 0 Å². The minimum Gasteiger partial charge on any atom is -0.398 e. The standard InChI is InChI=1S/C17H19ClN2O/c1-12(2)20(11-14-6-3-4-9-16(14)19)17(21)13-7-5-8-15(18)10-13/h3-10,12H,11,19H2,1-2H3. The average Bonchev–Trinajstić information content (AvgIpc) is 2.45. The highest BCUT2D eigenvalue weighted by molar-refractivity contribution is 6.30. The molecule has 4 heteroatoms. The second-order valence-corrected chi connectivity index (χ2v) is 5.67. The van der Waals surface area contributed by atoms with Crippen LogP contribution in [0.1, 0.15) is 29.8 Å². The molecule has 0 heterocycles. The highest BCUT2D eigenvalue weighted by Crippen LogP contribution is 2.19. The molecule has 0 saturated heterocycles. The lowest BCUT2D eigenvalue weighted by Crippen LogP contribution is -2.36. The highest BCUT2D eigenvalue weighted by Gasteiger charge is 2.20. The van der Waals surface area contributed by atoms with Gasteiger partial charge in [0.25, 0.3) is 5.91 Å². The van der Waals surface area contributed by atoms with Crippen molar-refractivity contribution in [2.45, 2.75) is 26.4 Å². The first-order valence-corrected chi connectivity index (χ1v) is 7.26. The molecule has 2 aromatic carbocycles. The van der Waals surface area contributed by atoms with Crippen LogP contribution in [-0.4, -0.2) is 16.8 Å². The van der Waals surface area contributed by atoms with Gasteiger partial charge in [-0.2, -0.15) is 0 Å². The van der Waals surface area contributed by atoms with Crippen molar-refractivity contribution in [2.75, 3.05) is 5.73 Å². The maximum Gasteiger partial charge on any atom is 0.254 e. The Hall–Kier alpha value is -2.00. The molecule has 0 aliphatic heterocycles. The first-order valence-electron chi connectivity index (χ1n) is 6.89. The van der Waals surface area contributed by atoms with Crippen molar-refractivity contribution in [1.29, 1.82) is 0 Å². The molecular weight excluding hydrogens is 284 g/mol. The summed E-state index contributed by atoms with van der Waals surface area (Å²) in [5.41, 5.74) is 8.20. The number of amides is 1. The van der Waals surface area contributed by atoms with E-state index >= 15 is 0 Å². The Balaban J connectivity index is 2.27. The van der Waals surface area contributed by atoms with E-state index in [1.165, 1.54) is 0 Å². The molecule has 0 atom stereocenters. The predicted molar refractivity (Wildman–Crippen MR) is 87.3 cm³/mol. The zero-order valence-corrected chi connectivity index (χ0v) is 13.0. The maximum atomic E-state index is 12.7. The van der Waals surface area contributed by atoms with E-state index < -0.39 is 0 Å². The third-order valence-electron chi connectivity index (χ3n) is 3.35. The van der Waals surface area contributed by atoms with Gasteiger partial charge in [0.05, 0.1) is 0 Å². The van der Waals surface area contributed by atoms with Gasteiger partial charge in [-0.3, -0.25) is 4.79 Å². The van der Waals surface area contributed by atoms with Crippen molar-refractivity contribution >= 4 is 23.2 Å². The zero-order chi connectivity index (χ0) is 15.4. The first kappa shape index (κ1) is 15.4. The number of carbonyl (C=O) groups excluding carboxylic acids is 1. The van der Waals surface area contributed by atoms with E-state index in [0.717, 1.165) is 5.56 Å². The van der Waals surface area contributed by atoms with Gasteiger partial charge in [0.2, 0.25) is 0 Å². The Morgan fingerprint density at radius 3 is 2.52 bits per heavy atom. The van der Waals surface area contributed by atoms with Crippen LogP contribution in [-0.2, 0) is 6.54 Å². The van der Waals surface area contributed by atoms with Crippen LogP contribution in [0.15, 0.2) is 48.5 Å². The molecule has 0 saturated carbocycles. The summed E-state index contributed by atoms with van der Waals surface area (Å²) in [4.78, 5) is 14.5. The van der Waals surface area contributed by atoms with Crippen molar-refractivity contribution in [3.8, 4) is 0 Å². The van der Waals surface area contributed by atoms with Crippen LogP contribution in [0, 0.1) is 0 Å². The first-order chi connectivity index (χ1) is 9.99. The van der Waals surface area contributed by atoms with E-state index in [4.69, 9.17) is 17.3 Å². The third-order valence-corrected chi connectivity index (χ3v) is 3.59. The van der Waals surface area contributed by atoms with E-state index in [9.17, 15) is 4.79 Å². The molecule has 0 aliphatic rings. The van der Waals surface area contributed by atoms with Gasteiger partial charge >= 0.3 is 0 Å². The summed E-state index contributed by atoms with van der Waals surface area (Å²) in [5, 5.41) is 0.559. The molecule has 2 aromatic rings. The van der Waals surface area contributed by atoms with E-state index in [1.54, 1.807) is 29.2 Å². The van der Waals surface area contributed by atoms with Crippen LogP contribution in [0.5, 0.6) is 0 Å². The second-order valence-electron chi connectivity index (χ2n) is 5.24. The molecule has 0 radical (unpaired) electrons. The number of halogens is 1. The van der Waals surface area contributed by atoms with Crippen molar-refractivity contribution in [2.24, 2.45) is 0 Å². The quantitative estimate of drug-likeness (QED) is 0.869. The molecule has 0 aromatic heterocycles. The fourth-order valence-electron chi connectivity index (χ4n) is 2.14. The number of benzene rings is 2. The van der Waals surface area contributed by atoms with Gasteiger partial charge in [-0.15, -0.1) is 0 Å². The van der Waals surface area contributed by atoms with Crippen LogP contribution in [0.4, 0.5) is 5.69 Å². The van der Waals surface area contributed by atoms with Crippen LogP contribution in [0.25, 0.3) is 0 Å². The Kier molecular flexibility index (Phi) is 4.86. The predicted octanol–water partition coefficient (Wildman–Crippen LogP) is 3.97. The van der Waals surface area contributed by atoms with Crippen molar-refractivity contribution < 1.29 is 4.79 Å². The Bertz CT molecular complexity index is 640. The molecule has 110 valence electrons. The van der Waals surface area contributed by atoms with Crippen LogP contribution in [0.3, 0.4) is 0 Å². The summed E-state index contributed by atoms with van der Waals surface area (Å²) in [6, 6.07) is 14.7. The molecule has 0 unspecified atom stereocenters. The number of rotatable bonds is 4. The van der Waals surface area contributed by atoms with E-state index in [-0.39, 0.29) is 11.9 Å². The second kappa shape index (κ2) is 6.64. The molecule has 3 nitrogen and oxygen atoms in total. The molecule has 21 heavy (non-hydrogen) atoms. The largest absolute Gasteiger partial charge is 0.398 e. The van der Waals surface area contributed by atoms with Gasteiger partial charge in [-0.05, 0) is 43.7 Å². The number of nitrogens with zero attached hydrogens (tertiary/aromatic N) is 1. The highest BCUT2D eigenvalue weighted by atomic mass is 35.5. The summed E-state index contributed by atoms with van der Waals surface area (Å²) in [6.07, 6.45) is 0. The lowest BCUT2D eigenvalue weighted by molar-refractivity contribution is 0.0691. The minimum atomic E-state index is -0.0456. The van der Waals surface area contributed by atoms with Gasteiger partial charge in [0, 0.05) is 28.9 Å². The van der Waals surface area contributed by atoms with Gasteiger partial charge in [0.15, 0.2) is 0 Å². The van der Waals surface area contributed by atoms with Crippen LogP contribution >= 0.6 is 11.6 Å². The third kappa shape index (κ3) is 3.76. The number of nitrogens with two attached hydrogens (primary N) is 1. The van der Waals surface area contributed by atoms with Crippen LogP contribution in [0.2, 0.25) is 5.02 Å². The van der Waals surface area contributed by atoms with Gasteiger partial charge in [0.1, 0.15) is 0 Å². The molecule has 0 aliphatic carbocycles. The monoisotopic (exact) mass is 302 g/mol. The van der Waals surface area contributed by atoms with Crippen molar-refractivity contribution in [3.05, 3.63) is 64.7 Å². The van der Waals surface area contributed by atoms with Gasteiger partial charge < -0.3 is 10.6 Å². The lowest BCUT2D eigenvalue weighted by Gasteiger charge is -2.27. The fraction of sp³-hybridized carbons (Fsp3) is 0.235. The summed E-state index contributed by atoms with van der Waals surface area (Å²) in [5.74, 6) is -0.0456. The minimum absolute atomic E-state index is 0.0456. The summed E-state index contributed by atoms with van der Waals surface area (Å²) < 4.78 is 0. The fourth-order valence-corrected chi connectivity index (χ4v) is 2.33. The molecule has 1 amide bonds. The van der Waals surface area contributed by atoms with Crippen LogP contribution < -0.4 is 5.73 Å². The average molecular weight is 303 g/mol. The molecule has 2 rings (SSSR count). The number of nitrogen functional groups attached to an aromatic ring is 1. The molecule has 0 fully saturated rings. The Morgan fingerprint density at radius 2 is 1.90 bits per heavy atom. The maximum absolute atomic E-state index is 12.7. The summed E-state index contributed by atoms with van der Waals surface area (Å²) >= 11 is 5.97. The molecule has 0 spiro atoms. The Morgan fingerprint density at radius 1 is 1.19 bits per heavy atom. The lowest BCUT2D eigenvalue weighted by atomic mass is 10.1. The van der Waals surface area contributed by atoms with Crippen molar-refractivity contribution in [3.63, 3.8) is 0 Å².